The Bertz CT molecular complexity index is 1530. The van der Waals surface area contributed by atoms with E-state index in [0.29, 0.717) is 53.6 Å². The number of fused-ring (bicyclic) bond motifs is 1. The lowest BCUT2D eigenvalue weighted by Gasteiger charge is -2.26. The first kappa shape index (κ1) is 26.9. The van der Waals surface area contributed by atoms with E-state index in [0.717, 1.165) is 4.47 Å². The predicted molar refractivity (Wildman–Crippen MR) is 146 cm³/mol. The molecule has 0 amide bonds. The number of benzene rings is 1. The highest BCUT2D eigenvalue weighted by molar-refractivity contribution is 9.13. The van der Waals surface area contributed by atoms with Gasteiger partial charge in [-0.15, -0.1) is 0 Å². The maximum Gasteiger partial charge on any atom is 0.338 e. The molecule has 2 aromatic heterocycles. The number of allylic oxidation sites excluding steroid dienone is 1. The Balaban J connectivity index is 2.00. The summed E-state index contributed by atoms with van der Waals surface area (Å²) in [5.74, 6) is 0.952. The molecule has 1 aliphatic heterocycles. The normalized spacial score (nSPS) is 15.5. The maximum absolute atomic E-state index is 13.7. The number of carbonyl (C=O) groups excluding carboxylic acids is 1. The van der Waals surface area contributed by atoms with Crippen LogP contribution in [0.1, 0.15) is 38.1 Å². The van der Waals surface area contributed by atoms with Crippen LogP contribution in [-0.2, 0) is 9.53 Å². The summed E-state index contributed by atoms with van der Waals surface area (Å²) in [6, 6.07) is 4.47. The minimum absolute atomic E-state index is 0.183. The van der Waals surface area contributed by atoms with Crippen LogP contribution < -0.4 is 24.4 Å². The molecule has 0 spiro atoms. The molecule has 3 aromatic rings. The second-order valence-corrected chi connectivity index (χ2v) is 11.0. The van der Waals surface area contributed by atoms with Crippen molar-refractivity contribution >= 4 is 71.2 Å². The van der Waals surface area contributed by atoms with E-state index in [9.17, 15) is 9.59 Å². The lowest BCUT2D eigenvalue weighted by Crippen LogP contribution is -2.40. The summed E-state index contributed by atoms with van der Waals surface area (Å²) in [5, 5.41) is 0. The molecule has 190 valence electrons. The predicted octanol–water partition coefficient (Wildman–Crippen LogP) is 5.09. The molecule has 0 saturated carbocycles. The number of halogens is 3. The van der Waals surface area contributed by atoms with Gasteiger partial charge in [-0.1, -0.05) is 27.3 Å². The van der Waals surface area contributed by atoms with Crippen molar-refractivity contribution < 1.29 is 23.4 Å². The van der Waals surface area contributed by atoms with Crippen molar-refractivity contribution in [1.29, 1.82) is 0 Å². The van der Waals surface area contributed by atoms with Crippen molar-refractivity contribution in [2.75, 3.05) is 20.3 Å². The molecule has 1 atom stereocenters. The number of hydrogen-bond acceptors (Lipinski definition) is 8. The van der Waals surface area contributed by atoms with Crippen molar-refractivity contribution in [3.05, 3.63) is 74.1 Å². The first-order chi connectivity index (χ1) is 17.2. The Morgan fingerprint density at radius 1 is 1.17 bits per heavy atom. The van der Waals surface area contributed by atoms with Gasteiger partial charge in [-0.2, -0.15) is 0 Å². The van der Waals surface area contributed by atoms with Gasteiger partial charge < -0.3 is 18.6 Å². The minimum atomic E-state index is -0.809. The third-order valence-electron chi connectivity index (χ3n) is 5.33. The number of thiazole rings is 1. The second kappa shape index (κ2) is 11.1. The van der Waals surface area contributed by atoms with Crippen LogP contribution in [0.2, 0.25) is 0 Å². The van der Waals surface area contributed by atoms with Gasteiger partial charge in [0.1, 0.15) is 5.76 Å². The molecule has 0 fully saturated rings. The molecule has 3 heterocycles. The fourth-order valence-electron chi connectivity index (χ4n) is 3.84. The largest absolute Gasteiger partial charge is 0.493 e. The number of furan rings is 1. The summed E-state index contributed by atoms with van der Waals surface area (Å²) < 4.78 is 26.0. The molecule has 0 aliphatic carbocycles. The van der Waals surface area contributed by atoms with Crippen molar-refractivity contribution in [2.24, 2.45) is 4.99 Å². The zero-order valence-electron chi connectivity index (χ0n) is 19.7. The van der Waals surface area contributed by atoms with Crippen molar-refractivity contribution in [1.82, 2.24) is 4.57 Å². The zero-order chi connectivity index (χ0) is 26.1. The molecule has 1 aromatic carbocycles. The number of aromatic nitrogens is 1. The minimum Gasteiger partial charge on any atom is -0.493 e. The lowest BCUT2D eigenvalue weighted by molar-refractivity contribution is -0.139. The molecule has 0 unspecified atom stereocenters. The number of carbonyl (C=O) groups is 1. The van der Waals surface area contributed by atoms with E-state index >= 15 is 0 Å². The maximum atomic E-state index is 13.7. The number of hydrogen-bond donors (Lipinski definition) is 0. The summed E-state index contributed by atoms with van der Waals surface area (Å²) in [4.78, 5) is 31.9. The van der Waals surface area contributed by atoms with Crippen LogP contribution in [0.5, 0.6) is 11.5 Å². The van der Waals surface area contributed by atoms with Crippen LogP contribution in [0.4, 0.5) is 0 Å². The number of esters is 1. The van der Waals surface area contributed by atoms with Gasteiger partial charge in [0, 0.05) is 10.5 Å². The SMILES string of the molecule is CCOC(=O)C1=C(C)N=c2s/c(=C/c3cc(Br)c(Br)o3)c(=O)n2[C@H]1c1cc(OC)c(OCC)cc1Br. The monoisotopic (exact) mass is 702 g/mol. The van der Waals surface area contributed by atoms with Crippen LogP contribution >= 0.6 is 59.1 Å². The van der Waals surface area contributed by atoms with E-state index in [4.69, 9.17) is 18.6 Å². The number of nitrogens with zero attached hydrogens (tertiary/aromatic N) is 2. The Morgan fingerprint density at radius 3 is 2.53 bits per heavy atom. The van der Waals surface area contributed by atoms with E-state index < -0.39 is 12.0 Å². The van der Waals surface area contributed by atoms with Gasteiger partial charge in [0.15, 0.2) is 21.0 Å². The summed E-state index contributed by atoms with van der Waals surface area (Å²) in [5.41, 5.74) is 1.05. The Morgan fingerprint density at radius 2 is 1.92 bits per heavy atom. The van der Waals surface area contributed by atoms with E-state index in [1.807, 2.05) is 6.92 Å². The van der Waals surface area contributed by atoms with Crippen molar-refractivity contribution in [2.45, 2.75) is 26.8 Å². The fourth-order valence-corrected chi connectivity index (χ4v) is 6.01. The molecule has 36 heavy (non-hydrogen) atoms. The Kier molecular flexibility index (Phi) is 8.28. The molecule has 4 rings (SSSR count). The third kappa shape index (κ3) is 5.00. The lowest BCUT2D eigenvalue weighted by atomic mass is 9.95. The van der Waals surface area contributed by atoms with Gasteiger partial charge in [0.2, 0.25) is 0 Å². The summed E-state index contributed by atoms with van der Waals surface area (Å²) in [6.07, 6.45) is 1.65. The molecule has 0 radical (unpaired) electrons. The number of rotatable bonds is 7. The topological polar surface area (TPSA) is 92.3 Å². The molecular weight excluding hydrogens is 684 g/mol. The smallest absolute Gasteiger partial charge is 0.338 e. The molecule has 0 bridgehead atoms. The first-order valence-electron chi connectivity index (χ1n) is 10.8. The molecule has 0 saturated heterocycles. The summed E-state index contributed by atoms with van der Waals surface area (Å²) in [6.45, 7) is 5.97. The van der Waals surface area contributed by atoms with Crippen LogP contribution in [-0.4, -0.2) is 30.9 Å². The highest BCUT2D eigenvalue weighted by atomic mass is 79.9. The van der Waals surface area contributed by atoms with E-state index in [1.165, 1.54) is 23.0 Å². The van der Waals surface area contributed by atoms with Crippen LogP contribution in [0.15, 0.2) is 57.3 Å². The Labute approximate surface area is 235 Å². The van der Waals surface area contributed by atoms with Crippen LogP contribution in [0.25, 0.3) is 6.08 Å². The number of ether oxygens (including phenoxy) is 3. The van der Waals surface area contributed by atoms with Crippen LogP contribution in [0.3, 0.4) is 0 Å². The molecule has 0 N–H and O–H groups in total. The average Bonchev–Trinajstić information content (AvgIpc) is 3.30. The van der Waals surface area contributed by atoms with Gasteiger partial charge in [-0.3, -0.25) is 9.36 Å². The Hall–Kier alpha value is -2.15. The molecule has 1 aliphatic rings. The summed E-state index contributed by atoms with van der Waals surface area (Å²) in [7, 11) is 1.54. The highest BCUT2D eigenvalue weighted by Crippen LogP contribution is 2.41. The van der Waals surface area contributed by atoms with Gasteiger partial charge in [-0.25, -0.2) is 9.79 Å². The van der Waals surface area contributed by atoms with E-state index in [1.54, 1.807) is 38.1 Å². The van der Waals surface area contributed by atoms with Gasteiger partial charge >= 0.3 is 5.97 Å². The fraction of sp³-hybridized carbons (Fsp3) is 0.292. The van der Waals surface area contributed by atoms with Crippen molar-refractivity contribution in [3.63, 3.8) is 0 Å². The summed E-state index contributed by atoms with van der Waals surface area (Å²) >= 11 is 11.5. The third-order valence-corrected chi connectivity index (χ3v) is 8.71. The molecule has 12 heteroatoms. The van der Waals surface area contributed by atoms with Crippen LogP contribution in [0, 0.1) is 0 Å². The van der Waals surface area contributed by atoms with Gasteiger partial charge in [0.25, 0.3) is 5.56 Å². The van der Waals surface area contributed by atoms with Crippen molar-refractivity contribution in [3.8, 4) is 11.5 Å². The average molecular weight is 705 g/mol. The zero-order valence-corrected chi connectivity index (χ0v) is 25.3. The number of methoxy groups -OCH3 is 1. The van der Waals surface area contributed by atoms with E-state index in [-0.39, 0.29) is 17.7 Å². The van der Waals surface area contributed by atoms with E-state index in [2.05, 4.69) is 52.8 Å². The molecular formula is C24H21Br3N2O6S. The standard InChI is InChI=1S/C24H21Br3N2O6S/c1-5-33-17-10-14(25)13(9-16(17)32-4)20-19(23(31)34-6-2)11(3)28-24-29(20)22(30)18(36-24)8-12-7-15(26)21(27)35-12/h7-10,20H,5-6H2,1-4H3/b18-8+/t20-/m0/s1. The first-order valence-corrected chi connectivity index (χ1v) is 14.0. The van der Waals surface area contributed by atoms with Gasteiger partial charge in [-0.05, 0) is 76.4 Å². The molecule has 8 nitrogen and oxygen atoms in total. The quantitative estimate of drug-likeness (QED) is 0.319. The van der Waals surface area contributed by atoms with Gasteiger partial charge in [0.05, 0.1) is 46.6 Å². The highest BCUT2D eigenvalue weighted by Gasteiger charge is 2.35. The second-order valence-electron chi connectivity index (χ2n) is 7.53.